The van der Waals surface area contributed by atoms with Gasteiger partial charge in [0.25, 0.3) is 0 Å². The Morgan fingerprint density at radius 3 is 2.15 bits per heavy atom. The molecule has 4 N–H and O–H groups in total. The monoisotopic (exact) mass is 398 g/mol. The first-order valence-corrected chi connectivity index (χ1v) is 8.16. The van der Waals surface area contributed by atoms with Crippen LogP contribution in [0, 0.1) is 0 Å². The molecule has 0 heterocycles. The molecule has 0 aromatic heterocycles. The van der Waals surface area contributed by atoms with Crippen LogP contribution in [0.2, 0.25) is 0 Å². The highest BCUT2D eigenvalue weighted by Crippen LogP contribution is 2.13. The van der Waals surface area contributed by atoms with Gasteiger partial charge in [-0.1, -0.05) is 0 Å². The van der Waals surface area contributed by atoms with E-state index >= 15 is 0 Å². The van der Waals surface area contributed by atoms with E-state index in [9.17, 15) is 27.6 Å². The number of carboxylic acids is 1. The fraction of sp³-hybridized carbons (Fsp3) is 0.733. The first kappa shape index (κ1) is 24.5. The maximum absolute atomic E-state index is 12.3. The Morgan fingerprint density at radius 1 is 1.04 bits per heavy atom. The molecule has 27 heavy (non-hydrogen) atoms. The highest BCUT2D eigenvalue weighted by atomic mass is 19.4. The predicted molar refractivity (Wildman–Crippen MR) is 90.2 cm³/mol. The van der Waals surface area contributed by atoms with E-state index in [0.717, 1.165) is 0 Å². The summed E-state index contributed by atoms with van der Waals surface area (Å²) in [6, 6.07) is 0. The molecule has 2 amide bonds. The van der Waals surface area contributed by atoms with E-state index in [4.69, 9.17) is 9.84 Å². The highest BCUT2D eigenvalue weighted by Gasteiger charge is 2.39. The molecule has 0 spiro atoms. The van der Waals surface area contributed by atoms with Crippen LogP contribution >= 0.6 is 0 Å². The lowest BCUT2D eigenvalue weighted by Gasteiger charge is -2.19. The number of rotatable bonds is 8. The molecule has 0 aromatic rings. The molecule has 9 nitrogen and oxygen atoms in total. The molecule has 0 unspecified atom stereocenters. The molecule has 0 aliphatic rings. The summed E-state index contributed by atoms with van der Waals surface area (Å²) in [4.78, 5) is 36.6. The topological polar surface area (TPSA) is 129 Å². The average molecular weight is 398 g/mol. The second kappa shape index (κ2) is 11.2. The van der Waals surface area contributed by atoms with Gasteiger partial charge in [-0.15, -0.1) is 0 Å². The van der Waals surface area contributed by atoms with Gasteiger partial charge in [-0.25, -0.2) is 4.79 Å². The van der Waals surface area contributed by atoms with Crippen LogP contribution in [0.15, 0.2) is 4.99 Å². The fourth-order valence-electron chi connectivity index (χ4n) is 1.54. The number of carbonyl (C=O) groups excluding carboxylic acids is 2. The number of alkyl halides is 3. The van der Waals surface area contributed by atoms with E-state index in [1.165, 1.54) is 0 Å². The Bertz CT molecular complexity index is 545. The van der Waals surface area contributed by atoms with E-state index in [-0.39, 0.29) is 38.9 Å². The van der Waals surface area contributed by atoms with Crippen LogP contribution in [0.3, 0.4) is 0 Å². The summed E-state index contributed by atoms with van der Waals surface area (Å²) < 4.78 is 42.0. The quantitative estimate of drug-likeness (QED) is 0.278. The molecule has 0 aliphatic heterocycles. The maximum Gasteiger partial charge on any atom is 0.471 e. The maximum atomic E-state index is 12.3. The van der Waals surface area contributed by atoms with Gasteiger partial charge in [-0.3, -0.25) is 19.9 Å². The molecule has 0 radical (unpaired) electrons. The molecule has 0 aromatic carbocycles. The number of aliphatic carboxylic acids is 1. The van der Waals surface area contributed by atoms with Crippen LogP contribution in [0.5, 0.6) is 0 Å². The van der Waals surface area contributed by atoms with Gasteiger partial charge in [0.1, 0.15) is 5.60 Å². The molecule has 0 atom stereocenters. The SMILES string of the molecule is CC(C)(C)OC(=O)NCCCN=C(NCCCC(=O)O)NC(=O)C(F)(F)F. The van der Waals surface area contributed by atoms with Crippen molar-refractivity contribution in [1.29, 1.82) is 0 Å². The molecule has 0 saturated carbocycles. The minimum atomic E-state index is -5.08. The second-order valence-electron chi connectivity index (χ2n) is 6.39. The number of aliphatic imine (C=N–C) groups is 1. The van der Waals surface area contributed by atoms with Gasteiger partial charge in [0.15, 0.2) is 5.96 Å². The third-order valence-electron chi connectivity index (χ3n) is 2.62. The van der Waals surface area contributed by atoms with Crippen molar-refractivity contribution in [2.75, 3.05) is 19.6 Å². The summed E-state index contributed by atoms with van der Waals surface area (Å²) >= 11 is 0. The van der Waals surface area contributed by atoms with E-state index in [1.54, 1.807) is 26.1 Å². The molecule has 0 bridgehead atoms. The van der Waals surface area contributed by atoms with E-state index in [2.05, 4.69) is 15.6 Å². The minimum absolute atomic E-state index is 0.00913. The third-order valence-corrected chi connectivity index (χ3v) is 2.62. The largest absolute Gasteiger partial charge is 0.481 e. The number of hydrogen-bond donors (Lipinski definition) is 4. The summed E-state index contributed by atoms with van der Waals surface area (Å²) in [5.41, 5.74) is -0.656. The number of carbonyl (C=O) groups is 3. The van der Waals surface area contributed by atoms with Crippen LogP contribution in [0.1, 0.15) is 40.0 Å². The van der Waals surface area contributed by atoms with E-state index in [0.29, 0.717) is 0 Å². The molecule has 0 aliphatic carbocycles. The van der Waals surface area contributed by atoms with Gasteiger partial charge in [0.05, 0.1) is 0 Å². The summed E-state index contributed by atoms with van der Waals surface area (Å²) in [5.74, 6) is -3.67. The molecule has 0 rings (SSSR count). The van der Waals surface area contributed by atoms with E-state index in [1.807, 2.05) is 0 Å². The molecule has 156 valence electrons. The van der Waals surface area contributed by atoms with Crippen molar-refractivity contribution in [1.82, 2.24) is 16.0 Å². The lowest BCUT2D eigenvalue weighted by atomic mass is 10.2. The Labute approximate surface area is 154 Å². The number of guanidine groups is 1. The number of amides is 2. The van der Waals surface area contributed by atoms with Gasteiger partial charge in [0.2, 0.25) is 0 Å². The lowest BCUT2D eigenvalue weighted by molar-refractivity contribution is -0.171. The Balaban J connectivity index is 4.47. The average Bonchev–Trinajstić information content (AvgIpc) is 2.47. The zero-order chi connectivity index (χ0) is 21.1. The Hall–Kier alpha value is -2.53. The molecular formula is C15H25F3N4O5. The number of alkyl carbamates (subject to hydrolysis) is 1. The Kier molecular flexibility index (Phi) is 10.2. The highest BCUT2D eigenvalue weighted by molar-refractivity contribution is 5.99. The number of nitrogens with zero attached hydrogens (tertiary/aromatic N) is 1. The van der Waals surface area contributed by atoms with Gasteiger partial charge in [0, 0.05) is 26.1 Å². The van der Waals surface area contributed by atoms with Crippen molar-refractivity contribution in [3.63, 3.8) is 0 Å². The zero-order valence-electron chi connectivity index (χ0n) is 15.4. The zero-order valence-corrected chi connectivity index (χ0v) is 15.4. The lowest BCUT2D eigenvalue weighted by Crippen LogP contribution is -2.47. The van der Waals surface area contributed by atoms with Crippen LogP contribution in [0.25, 0.3) is 0 Å². The number of nitrogens with one attached hydrogen (secondary N) is 3. The van der Waals surface area contributed by atoms with Crippen molar-refractivity contribution in [3.05, 3.63) is 0 Å². The summed E-state index contributed by atoms with van der Waals surface area (Å²) in [6.07, 6.45) is -5.49. The third kappa shape index (κ3) is 14.3. The van der Waals surface area contributed by atoms with Crippen molar-refractivity contribution in [2.24, 2.45) is 4.99 Å². The number of halogens is 3. The van der Waals surface area contributed by atoms with Gasteiger partial charge >= 0.3 is 24.1 Å². The molecule has 12 heteroatoms. The van der Waals surface area contributed by atoms with Crippen molar-refractivity contribution >= 4 is 23.9 Å². The van der Waals surface area contributed by atoms with Crippen LogP contribution in [-0.4, -0.2) is 60.4 Å². The van der Waals surface area contributed by atoms with Crippen molar-refractivity contribution in [3.8, 4) is 0 Å². The van der Waals surface area contributed by atoms with Gasteiger partial charge in [-0.2, -0.15) is 13.2 Å². The fourth-order valence-corrected chi connectivity index (χ4v) is 1.54. The predicted octanol–water partition coefficient (Wildman–Crippen LogP) is 1.39. The first-order valence-electron chi connectivity index (χ1n) is 8.16. The number of hydrogen-bond acceptors (Lipinski definition) is 5. The first-order chi connectivity index (χ1) is 12.3. The summed E-state index contributed by atoms with van der Waals surface area (Å²) in [6.45, 7) is 5.28. The van der Waals surface area contributed by atoms with Crippen LogP contribution < -0.4 is 16.0 Å². The molecule has 0 saturated heterocycles. The normalized spacial score (nSPS) is 12.3. The van der Waals surface area contributed by atoms with Gasteiger partial charge in [-0.05, 0) is 33.6 Å². The number of ether oxygens (including phenoxy) is 1. The van der Waals surface area contributed by atoms with Gasteiger partial charge < -0.3 is 20.5 Å². The standard InChI is InChI=1S/C15H25F3N4O5/c1-14(2,3)27-13(26)21-9-5-8-20-12(19-7-4-6-10(23)24)22-11(25)15(16,17)18/h4-9H2,1-3H3,(H,21,26)(H,23,24)(H2,19,20,22,25). The van der Waals surface area contributed by atoms with E-state index < -0.39 is 35.7 Å². The summed E-state index contributed by atoms with van der Waals surface area (Å²) in [5, 5.41) is 15.0. The summed E-state index contributed by atoms with van der Waals surface area (Å²) in [7, 11) is 0. The smallest absolute Gasteiger partial charge is 0.471 e. The molecular weight excluding hydrogens is 373 g/mol. The van der Waals surface area contributed by atoms with Crippen LogP contribution in [-0.2, 0) is 14.3 Å². The molecule has 0 fully saturated rings. The minimum Gasteiger partial charge on any atom is -0.481 e. The second-order valence-corrected chi connectivity index (χ2v) is 6.39. The van der Waals surface area contributed by atoms with Crippen molar-refractivity contribution < 1.29 is 37.4 Å². The van der Waals surface area contributed by atoms with Crippen molar-refractivity contribution in [2.45, 2.75) is 51.8 Å². The van der Waals surface area contributed by atoms with Crippen LogP contribution in [0.4, 0.5) is 18.0 Å². The Morgan fingerprint density at radius 2 is 1.63 bits per heavy atom. The number of carboxylic acid groups (broad SMARTS) is 1.